The molecule has 27 heavy (non-hydrogen) atoms. The number of nitrogens with zero attached hydrogens (tertiary/aromatic N) is 2. The summed E-state index contributed by atoms with van der Waals surface area (Å²) in [5.41, 5.74) is 3.66. The standard InChI is InChI=1S/C20H25BrN2O3S/c1-4-26-19-8-6-17(21)14-20(19)27(24,25)23-11-9-22(10-12-23)18-7-5-15(2)16(3)13-18/h5-8,13-14H,4,9-12H2,1-3H3. The molecule has 3 rings (SSSR count). The van der Waals surface area contributed by atoms with E-state index in [0.717, 1.165) is 10.2 Å². The highest BCUT2D eigenvalue weighted by atomic mass is 79.9. The first-order valence-electron chi connectivity index (χ1n) is 9.07. The second kappa shape index (κ2) is 8.20. The minimum absolute atomic E-state index is 0.221. The van der Waals surface area contributed by atoms with Crippen molar-refractivity contribution in [3.63, 3.8) is 0 Å². The number of ether oxygens (including phenoxy) is 1. The Balaban J connectivity index is 1.79. The molecule has 0 spiro atoms. The van der Waals surface area contributed by atoms with Crippen LogP contribution in [0.2, 0.25) is 0 Å². The maximum absolute atomic E-state index is 13.2. The van der Waals surface area contributed by atoms with E-state index in [1.54, 1.807) is 22.5 Å². The number of aryl methyl sites for hydroxylation is 2. The Labute approximate surface area is 170 Å². The van der Waals surface area contributed by atoms with Crippen molar-refractivity contribution < 1.29 is 13.2 Å². The van der Waals surface area contributed by atoms with E-state index < -0.39 is 10.0 Å². The molecule has 7 heteroatoms. The van der Waals surface area contributed by atoms with E-state index in [9.17, 15) is 8.42 Å². The Morgan fingerprint density at radius 2 is 1.70 bits per heavy atom. The molecule has 0 bridgehead atoms. The highest BCUT2D eigenvalue weighted by molar-refractivity contribution is 9.10. The fourth-order valence-corrected chi connectivity index (χ4v) is 5.30. The van der Waals surface area contributed by atoms with Crippen LogP contribution < -0.4 is 9.64 Å². The summed E-state index contributed by atoms with van der Waals surface area (Å²) in [4.78, 5) is 2.46. The van der Waals surface area contributed by atoms with Crippen molar-refractivity contribution in [1.82, 2.24) is 4.31 Å². The van der Waals surface area contributed by atoms with Crippen molar-refractivity contribution in [2.75, 3.05) is 37.7 Å². The van der Waals surface area contributed by atoms with Crippen LogP contribution in [0.25, 0.3) is 0 Å². The van der Waals surface area contributed by atoms with Crippen molar-refractivity contribution in [2.45, 2.75) is 25.7 Å². The molecule has 5 nitrogen and oxygen atoms in total. The number of hydrogen-bond donors (Lipinski definition) is 0. The Hall–Kier alpha value is -1.57. The zero-order valence-corrected chi connectivity index (χ0v) is 18.3. The molecule has 1 aliphatic rings. The van der Waals surface area contributed by atoms with Crippen LogP contribution in [0, 0.1) is 13.8 Å². The molecule has 0 atom stereocenters. The summed E-state index contributed by atoms with van der Waals surface area (Å²) >= 11 is 3.37. The lowest BCUT2D eigenvalue weighted by atomic mass is 10.1. The zero-order valence-electron chi connectivity index (χ0n) is 15.9. The predicted octanol–water partition coefficient (Wildman–Crippen LogP) is 3.98. The van der Waals surface area contributed by atoms with Crippen LogP contribution in [0.4, 0.5) is 5.69 Å². The van der Waals surface area contributed by atoms with Gasteiger partial charge in [-0.2, -0.15) is 4.31 Å². The van der Waals surface area contributed by atoms with Gasteiger partial charge in [0, 0.05) is 36.3 Å². The van der Waals surface area contributed by atoms with Gasteiger partial charge >= 0.3 is 0 Å². The van der Waals surface area contributed by atoms with Gasteiger partial charge in [0.1, 0.15) is 10.6 Å². The van der Waals surface area contributed by atoms with E-state index in [0.29, 0.717) is 38.5 Å². The Morgan fingerprint density at radius 1 is 1.00 bits per heavy atom. The molecule has 1 heterocycles. The molecular weight excluding hydrogens is 428 g/mol. The largest absolute Gasteiger partial charge is 0.492 e. The first kappa shape index (κ1) is 20.2. The molecular formula is C20H25BrN2O3S. The van der Waals surface area contributed by atoms with Gasteiger partial charge in [0.2, 0.25) is 10.0 Å². The Kier molecular flexibility index (Phi) is 6.13. The number of hydrogen-bond acceptors (Lipinski definition) is 4. The van der Waals surface area contributed by atoms with Gasteiger partial charge in [-0.05, 0) is 62.2 Å². The molecule has 1 fully saturated rings. The monoisotopic (exact) mass is 452 g/mol. The third-order valence-electron chi connectivity index (χ3n) is 4.92. The van der Waals surface area contributed by atoms with Gasteiger partial charge in [-0.25, -0.2) is 8.42 Å². The summed E-state index contributed by atoms with van der Waals surface area (Å²) in [5.74, 6) is 0.400. The lowest BCUT2D eigenvalue weighted by molar-refractivity contribution is 0.327. The van der Waals surface area contributed by atoms with Crippen LogP contribution in [-0.4, -0.2) is 45.5 Å². The van der Waals surface area contributed by atoms with E-state index in [-0.39, 0.29) is 4.90 Å². The third kappa shape index (κ3) is 4.31. The highest BCUT2D eigenvalue weighted by Gasteiger charge is 2.31. The molecule has 1 aliphatic heterocycles. The molecule has 0 radical (unpaired) electrons. The second-order valence-corrected chi connectivity index (χ2v) is 9.51. The molecule has 1 saturated heterocycles. The maximum atomic E-state index is 13.2. The summed E-state index contributed by atoms with van der Waals surface area (Å²) in [6.07, 6.45) is 0. The summed E-state index contributed by atoms with van der Waals surface area (Å²) in [5, 5.41) is 0. The van der Waals surface area contributed by atoms with E-state index in [4.69, 9.17) is 4.74 Å². The lowest BCUT2D eigenvalue weighted by Gasteiger charge is -2.35. The third-order valence-corrected chi connectivity index (χ3v) is 7.33. The molecule has 0 aliphatic carbocycles. The minimum Gasteiger partial charge on any atom is -0.492 e. The number of halogens is 1. The SMILES string of the molecule is CCOc1ccc(Br)cc1S(=O)(=O)N1CCN(c2ccc(C)c(C)c2)CC1. The van der Waals surface area contributed by atoms with Crippen molar-refractivity contribution in [2.24, 2.45) is 0 Å². The molecule has 146 valence electrons. The molecule has 0 aromatic heterocycles. The first-order chi connectivity index (χ1) is 12.8. The smallest absolute Gasteiger partial charge is 0.246 e. The maximum Gasteiger partial charge on any atom is 0.246 e. The van der Waals surface area contributed by atoms with Crippen LogP contribution in [0.3, 0.4) is 0 Å². The van der Waals surface area contributed by atoms with Crippen LogP contribution in [0.1, 0.15) is 18.1 Å². The molecule has 0 amide bonds. The number of benzene rings is 2. The number of sulfonamides is 1. The highest BCUT2D eigenvalue weighted by Crippen LogP contribution is 2.31. The van der Waals surface area contributed by atoms with Crippen LogP contribution in [0.15, 0.2) is 45.8 Å². The quantitative estimate of drug-likeness (QED) is 0.688. The van der Waals surface area contributed by atoms with Crippen molar-refractivity contribution in [1.29, 1.82) is 0 Å². The fraction of sp³-hybridized carbons (Fsp3) is 0.400. The van der Waals surface area contributed by atoms with Crippen molar-refractivity contribution >= 4 is 31.6 Å². The number of anilines is 1. The topological polar surface area (TPSA) is 49.9 Å². The number of piperazine rings is 1. The van der Waals surface area contributed by atoms with Gasteiger partial charge in [0.05, 0.1) is 6.61 Å². The molecule has 0 saturated carbocycles. The fourth-order valence-electron chi connectivity index (χ4n) is 3.21. The van der Waals surface area contributed by atoms with Gasteiger partial charge in [0.15, 0.2) is 0 Å². The van der Waals surface area contributed by atoms with Crippen LogP contribution in [0.5, 0.6) is 5.75 Å². The van der Waals surface area contributed by atoms with E-state index >= 15 is 0 Å². The average Bonchev–Trinajstić information content (AvgIpc) is 2.65. The first-order valence-corrected chi connectivity index (χ1v) is 11.3. The molecule has 2 aromatic rings. The normalized spacial score (nSPS) is 15.8. The van der Waals surface area contributed by atoms with Gasteiger partial charge in [0.25, 0.3) is 0 Å². The summed E-state index contributed by atoms with van der Waals surface area (Å²) in [7, 11) is -3.61. The minimum atomic E-state index is -3.61. The molecule has 0 unspecified atom stereocenters. The average molecular weight is 453 g/mol. The lowest BCUT2D eigenvalue weighted by Crippen LogP contribution is -2.48. The van der Waals surface area contributed by atoms with Gasteiger partial charge < -0.3 is 9.64 Å². The molecule has 0 N–H and O–H groups in total. The van der Waals surface area contributed by atoms with Gasteiger partial charge in [-0.1, -0.05) is 22.0 Å². The summed E-state index contributed by atoms with van der Waals surface area (Å²) in [6.45, 7) is 8.70. The van der Waals surface area contributed by atoms with Crippen molar-refractivity contribution in [3.05, 3.63) is 52.0 Å². The van der Waals surface area contributed by atoms with Gasteiger partial charge in [-0.3, -0.25) is 0 Å². The zero-order chi connectivity index (χ0) is 19.6. The van der Waals surface area contributed by atoms with E-state index in [1.165, 1.54) is 11.1 Å². The molecule has 2 aromatic carbocycles. The Morgan fingerprint density at radius 3 is 2.33 bits per heavy atom. The van der Waals surface area contributed by atoms with E-state index in [1.807, 2.05) is 6.92 Å². The van der Waals surface area contributed by atoms with Crippen LogP contribution in [-0.2, 0) is 10.0 Å². The Bertz CT molecular complexity index is 923. The van der Waals surface area contributed by atoms with E-state index in [2.05, 4.69) is 52.9 Å². The summed E-state index contributed by atoms with van der Waals surface area (Å²) < 4.78 is 34.2. The van der Waals surface area contributed by atoms with Crippen molar-refractivity contribution in [3.8, 4) is 5.75 Å². The summed E-state index contributed by atoms with van der Waals surface area (Å²) in [6, 6.07) is 11.5. The number of rotatable bonds is 5. The van der Waals surface area contributed by atoms with Gasteiger partial charge in [-0.15, -0.1) is 0 Å². The second-order valence-electron chi connectivity index (χ2n) is 6.68. The predicted molar refractivity (Wildman–Crippen MR) is 112 cm³/mol. The van der Waals surface area contributed by atoms with Crippen LogP contribution >= 0.6 is 15.9 Å².